The molecule has 1 saturated carbocycles. The molecule has 1 saturated heterocycles. The fraction of sp³-hybridized carbons (Fsp3) is 0.533. The summed E-state index contributed by atoms with van der Waals surface area (Å²) in [7, 11) is 0. The Morgan fingerprint density at radius 3 is 2.84 bits per heavy atom. The number of hydrogen-bond acceptors (Lipinski definition) is 3. The third kappa shape index (κ3) is 3.26. The van der Waals surface area contributed by atoms with Gasteiger partial charge in [0.1, 0.15) is 6.61 Å². The SMILES string of the molecule is O=C(NCC1CC2(CC2)CN1)OCc1ccccc1. The molecular weight excluding hydrogens is 240 g/mol. The molecule has 4 heteroatoms. The highest BCUT2D eigenvalue weighted by Crippen LogP contribution is 2.51. The maximum Gasteiger partial charge on any atom is 0.407 e. The van der Waals surface area contributed by atoms with Crippen LogP contribution in [0.4, 0.5) is 4.79 Å². The van der Waals surface area contributed by atoms with Gasteiger partial charge in [-0.2, -0.15) is 0 Å². The highest BCUT2D eigenvalue weighted by atomic mass is 16.5. The number of rotatable bonds is 4. The summed E-state index contributed by atoms with van der Waals surface area (Å²) in [6.07, 6.45) is 3.54. The van der Waals surface area contributed by atoms with Crippen LogP contribution in [0.15, 0.2) is 30.3 Å². The van der Waals surface area contributed by atoms with E-state index in [0.717, 1.165) is 12.1 Å². The molecule has 1 heterocycles. The van der Waals surface area contributed by atoms with Gasteiger partial charge in [0.25, 0.3) is 0 Å². The van der Waals surface area contributed by atoms with Crippen LogP contribution in [0.25, 0.3) is 0 Å². The molecule has 1 aromatic rings. The summed E-state index contributed by atoms with van der Waals surface area (Å²) in [5.74, 6) is 0. The summed E-state index contributed by atoms with van der Waals surface area (Å²) in [5, 5.41) is 6.30. The van der Waals surface area contributed by atoms with E-state index in [2.05, 4.69) is 10.6 Å². The van der Waals surface area contributed by atoms with Gasteiger partial charge in [-0.15, -0.1) is 0 Å². The molecule has 1 spiro atoms. The van der Waals surface area contributed by atoms with Crippen molar-refractivity contribution < 1.29 is 9.53 Å². The van der Waals surface area contributed by atoms with E-state index < -0.39 is 0 Å². The normalized spacial score (nSPS) is 23.3. The van der Waals surface area contributed by atoms with Crippen LogP contribution in [0.3, 0.4) is 0 Å². The van der Waals surface area contributed by atoms with E-state index >= 15 is 0 Å². The predicted octanol–water partition coefficient (Wildman–Crippen LogP) is 2.05. The second kappa shape index (κ2) is 5.21. The van der Waals surface area contributed by atoms with Crippen LogP contribution in [0.2, 0.25) is 0 Å². The fourth-order valence-corrected chi connectivity index (χ4v) is 2.71. The zero-order valence-electron chi connectivity index (χ0n) is 11.0. The van der Waals surface area contributed by atoms with Gasteiger partial charge in [0, 0.05) is 19.1 Å². The van der Waals surface area contributed by atoms with Gasteiger partial charge in [0.2, 0.25) is 0 Å². The Morgan fingerprint density at radius 2 is 2.16 bits per heavy atom. The first-order chi connectivity index (χ1) is 9.26. The van der Waals surface area contributed by atoms with Crippen LogP contribution in [-0.4, -0.2) is 25.2 Å². The minimum Gasteiger partial charge on any atom is -0.445 e. The monoisotopic (exact) mass is 260 g/mol. The third-order valence-electron chi connectivity index (χ3n) is 4.11. The molecule has 0 aromatic heterocycles. The molecule has 1 aromatic carbocycles. The van der Waals surface area contributed by atoms with E-state index in [1.807, 2.05) is 30.3 Å². The number of ether oxygens (including phenoxy) is 1. The lowest BCUT2D eigenvalue weighted by Crippen LogP contribution is -2.37. The minimum atomic E-state index is -0.331. The van der Waals surface area contributed by atoms with E-state index in [9.17, 15) is 4.79 Å². The summed E-state index contributed by atoms with van der Waals surface area (Å²) < 4.78 is 5.18. The molecule has 4 nitrogen and oxygen atoms in total. The number of nitrogens with one attached hydrogen (secondary N) is 2. The quantitative estimate of drug-likeness (QED) is 0.871. The highest BCUT2D eigenvalue weighted by Gasteiger charge is 2.47. The lowest BCUT2D eigenvalue weighted by Gasteiger charge is -2.12. The van der Waals surface area contributed by atoms with Gasteiger partial charge in [0.15, 0.2) is 0 Å². The van der Waals surface area contributed by atoms with E-state index in [1.54, 1.807) is 0 Å². The van der Waals surface area contributed by atoms with Crippen molar-refractivity contribution in [3.8, 4) is 0 Å². The van der Waals surface area contributed by atoms with Gasteiger partial charge >= 0.3 is 6.09 Å². The first-order valence-electron chi connectivity index (χ1n) is 6.94. The molecule has 2 N–H and O–H groups in total. The number of hydrogen-bond donors (Lipinski definition) is 2. The molecular formula is C15H20N2O2. The Morgan fingerprint density at radius 1 is 1.37 bits per heavy atom. The molecule has 1 amide bonds. The first-order valence-corrected chi connectivity index (χ1v) is 6.94. The molecule has 102 valence electrons. The van der Waals surface area contributed by atoms with Crippen molar-refractivity contribution in [1.29, 1.82) is 0 Å². The van der Waals surface area contributed by atoms with Gasteiger partial charge in [-0.1, -0.05) is 30.3 Å². The summed E-state index contributed by atoms with van der Waals surface area (Å²) in [6.45, 7) is 2.10. The molecule has 1 aliphatic heterocycles. The largest absolute Gasteiger partial charge is 0.445 e. The van der Waals surface area contributed by atoms with Crippen LogP contribution in [0.5, 0.6) is 0 Å². The van der Waals surface area contributed by atoms with E-state index in [1.165, 1.54) is 19.3 Å². The second-order valence-corrected chi connectivity index (χ2v) is 5.72. The molecule has 19 heavy (non-hydrogen) atoms. The maximum absolute atomic E-state index is 11.6. The van der Waals surface area contributed by atoms with Crippen LogP contribution in [0, 0.1) is 5.41 Å². The van der Waals surface area contributed by atoms with E-state index in [4.69, 9.17) is 4.74 Å². The molecule has 1 atom stereocenters. The summed E-state index contributed by atoms with van der Waals surface area (Å²) in [6, 6.07) is 10.1. The third-order valence-corrected chi connectivity index (χ3v) is 4.11. The fourth-order valence-electron chi connectivity index (χ4n) is 2.71. The van der Waals surface area contributed by atoms with Crippen LogP contribution < -0.4 is 10.6 Å². The Balaban J connectivity index is 1.35. The van der Waals surface area contributed by atoms with Crippen molar-refractivity contribution >= 4 is 6.09 Å². The zero-order valence-corrected chi connectivity index (χ0v) is 11.0. The predicted molar refractivity (Wildman–Crippen MR) is 72.7 cm³/mol. The number of amides is 1. The molecule has 2 fully saturated rings. The van der Waals surface area contributed by atoms with Crippen LogP contribution in [0.1, 0.15) is 24.8 Å². The van der Waals surface area contributed by atoms with Crippen LogP contribution in [-0.2, 0) is 11.3 Å². The molecule has 0 bridgehead atoms. The lowest BCUT2D eigenvalue weighted by molar-refractivity contribution is 0.138. The summed E-state index contributed by atoms with van der Waals surface area (Å²) in [4.78, 5) is 11.6. The Kier molecular flexibility index (Phi) is 3.42. The van der Waals surface area contributed by atoms with Crippen molar-refractivity contribution in [2.24, 2.45) is 5.41 Å². The van der Waals surface area contributed by atoms with Crippen molar-refractivity contribution in [3.63, 3.8) is 0 Å². The molecule has 0 radical (unpaired) electrons. The van der Waals surface area contributed by atoms with Gasteiger partial charge in [-0.05, 0) is 30.2 Å². The number of carbonyl (C=O) groups excluding carboxylic acids is 1. The van der Waals surface area contributed by atoms with Gasteiger partial charge in [0.05, 0.1) is 0 Å². The van der Waals surface area contributed by atoms with Crippen molar-refractivity contribution in [3.05, 3.63) is 35.9 Å². The van der Waals surface area contributed by atoms with E-state index in [-0.39, 0.29) is 6.09 Å². The van der Waals surface area contributed by atoms with Crippen molar-refractivity contribution in [2.45, 2.75) is 31.9 Å². The topological polar surface area (TPSA) is 50.4 Å². The minimum absolute atomic E-state index is 0.328. The zero-order chi connectivity index (χ0) is 13.1. The molecule has 1 unspecified atom stereocenters. The average molecular weight is 260 g/mol. The molecule has 1 aliphatic carbocycles. The second-order valence-electron chi connectivity index (χ2n) is 5.72. The Labute approximate surface area is 113 Å². The van der Waals surface area contributed by atoms with Crippen molar-refractivity contribution in [1.82, 2.24) is 10.6 Å². The maximum atomic E-state index is 11.6. The average Bonchev–Trinajstić information content (AvgIpc) is 3.07. The van der Waals surface area contributed by atoms with Gasteiger partial charge in [-0.25, -0.2) is 4.79 Å². The van der Waals surface area contributed by atoms with Gasteiger partial charge < -0.3 is 15.4 Å². The highest BCUT2D eigenvalue weighted by molar-refractivity contribution is 5.67. The first kappa shape index (κ1) is 12.5. The summed E-state index contributed by atoms with van der Waals surface area (Å²) in [5.41, 5.74) is 1.58. The standard InChI is InChI=1S/C15H20N2O2/c18-14(19-10-12-4-2-1-3-5-12)16-9-13-8-15(6-7-15)11-17-13/h1-5,13,17H,6-11H2,(H,16,18). The number of carbonyl (C=O) groups is 1. The Hall–Kier alpha value is -1.55. The smallest absolute Gasteiger partial charge is 0.407 e. The number of alkyl carbamates (subject to hydrolysis) is 1. The Bertz CT molecular complexity index is 443. The molecule has 3 rings (SSSR count). The van der Waals surface area contributed by atoms with Gasteiger partial charge in [-0.3, -0.25) is 0 Å². The molecule has 2 aliphatic rings. The van der Waals surface area contributed by atoms with E-state index in [0.29, 0.717) is 24.6 Å². The lowest BCUT2D eigenvalue weighted by atomic mass is 10.0. The summed E-state index contributed by atoms with van der Waals surface area (Å²) >= 11 is 0. The van der Waals surface area contributed by atoms with Crippen molar-refractivity contribution in [2.75, 3.05) is 13.1 Å². The number of benzene rings is 1. The van der Waals surface area contributed by atoms with Crippen LogP contribution >= 0.6 is 0 Å².